The fourth-order valence-electron chi connectivity index (χ4n) is 2.12. The summed E-state index contributed by atoms with van der Waals surface area (Å²) in [6.07, 6.45) is -3.66. The molecule has 0 atom stereocenters. The van der Waals surface area contributed by atoms with Crippen LogP contribution in [-0.2, 0) is 0 Å². The molecule has 21 heavy (non-hydrogen) atoms. The summed E-state index contributed by atoms with van der Waals surface area (Å²) in [7, 11) is 1.48. The van der Waals surface area contributed by atoms with Crippen molar-refractivity contribution in [1.82, 2.24) is 9.78 Å². The minimum absolute atomic E-state index is 0.0295. The predicted molar refractivity (Wildman–Crippen MR) is 74.9 cm³/mol. The first-order valence-electron chi connectivity index (χ1n) is 6.81. The molecule has 0 spiro atoms. The van der Waals surface area contributed by atoms with Gasteiger partial charge in [-0.2, -0.15) is 23.5 Å². The maximum absolute atomic E-state index is 12.3. The van der Waals surface area contributed by atoms with E-state index in [2.05, 4.69) is 5.10 Å². The van der Waals surface area contributed by atoms with E-state index < -0.39 is 12.6 Å². The van der Waals surface area contributed by atoms with Crippen LogP contribution in [0.5, 0.6) is 0 Å². The van der Waals surface area contributed by atoms with Crippen LogP contribution in [-0.4, -0.2) is 29.5 Å². The second-order valence-electron chi connectivity index (χ2n) is 4.90. The molecule has 0 amide bonds. The topological polar surface area (TPSA) is 70.9 Å². The van der Waals surface area contributed by atoms with Gasteiger partial charge < -0.3 is 10.6 Å². The van der Waals surface area contributed by atoms with E-state index in [9.17, 15) is 18.4 Å². The molecule has 1 aromatic heterocycles. The quantitative estimate of drug-likeness (QED) is 0.876. The van der Waals surface area contributed by atoms with E-state index in [1.54, 1.807) is 0 Å². The van der Waals surface area contributed by atoms with Crippen LogP contribution >= 0.6 is 0 Å². The number of alkyl halides is 3. The van der Waals surface area contributed by atoms with Crippen LogP contribution in [0.15, 0.2) is 0 Å². The number of hydrogen-bond donors (Lipinski definition) is 1. The third kappa shape index (κ3) is 4.03. The van der Waals surface area contributed by atoms with E-state index >= 15 is 0 Å². The summed E-state index contributed by atoms with van der Waals surface area (Å²) in [6.45, 7) is 3.67. The lowest BCUT2D eigenvalue weighted by Gasteiger charge is -2.18. The molecule has 0 aliphatic heterocycles. The molecule has 1 rings (SSSR count). The second kappa shape index (κ2) is 6.70. The van der Waals surface area contributed by atoms with Gasteiger partial charge in [-0.1, -0.05) is 13.8 Å². The van der Waals surface area contributed by atoms with Crippen LogP contribution in [0, 0.1) is 11.3 Å². The molecule has 2 N–H and O–H groups in total. The molecule has 0 saturated heterocycles. The summed E-state index contributed by atoms with van der Waals surface area (Å²) in [4.78, 5) is 1.32. The number of anilines is 2. The van der Waals surface area contributed by atoms with Crippen molar-refractivity contribution >= 4 is 11.6 Å². The Balaban J connectivity index is 3.07. The molecule has 0 radical (unpaired) electrons. The van der Waals surface area contributed by atoms with Gasteiger partial charge in [0.1, 0.15) is 17.5 Å². The van der Waals surface area contributed by atoms with Crippen molar-refractivity contribution in [2.24, 2.45) is 0 Å². The van der Waals surface area contributed by atoms with Crippen molar-refractivity contribution < 1.29 is 13.2 Å². The average molecular weight is 303 g/mol. The van der Waals surface area contributed by atoms with E-state index in [0.717, 1.165) is 12.8 Å². The van der Waals surface area contributed by atoms with Gasteiger partial charge in [-0.25, -0.2) is 4.68 Å². The molecule has 0 aromatic carbocycles. The van der Waals surface area contributed by atoms with E-state index in [-0.39, 0.29) is 29.8 Å². The van der Waals surface area contributed by atoms with Gasteiger partial charge in [0.15, 0.2) is 5.82 Å². The number of nitrogen functional groups attached to an aromatic ring is 1. The van der Waals surface area contributed by atoms with Crippen LogP contribution in [0.4, 0.5) is 24.8 Å². The highest BCUT2D eigenvalue weighted by molar-refractivity contribution is 5.64. The highest BCUT2D eigenvalue weighted by Crippen LogP contribution is 2.29. The van der Waals surface area contributed by atoms with E-state index in [4.69, 9.17) is 5.73 Å². The minimum atomic E-state index is -4.25. The lowest BCUT2D eigenvalue weighted by molar-refractivity contribution is -0.132. The summed E-state index contributed by atoms with van der Waals surface area (Å²) in [5, 5.41) is 13.4. The van der Waals surface area contributed by atoms with Gasteiger partial charge in [-0.05, 0) is 12.8 Å². The van der Waals surface area contributed by atoms with Gasteiger partial charge in [0, 0.05) is 13.6 Å². The number of aromatic nitrogens is 2. The zero-order valence-electron chi connectivity index (χ0n) is 12.4. The zero-order chi connectivity index (χ0) is 16.2. The smallest absolute Gasteiger partial charge is 0.383 e. The molecular formula is C13H20F3N5. The largest absolute Gasteiger partial charge is 0.390 e. The zero-order valence-corrected chi connectivity index (χ0v) is 12.4. The lowest BCUT2D eigenvalue weighted by atomic mass is 10.2. The third-order valence-electron chi connectivity index (χ3n) is 3.42. The average Bonchev–Trinajstić information content (AvgIpc) is 2.74. The first-order valence-corrected chi connectivity index (χ1v) is 6.81. The molecule has 0 aliphatic carbocycles. The van der Waals surface area contributed by atoms with Crippen LogP contribution < -0.4 is 10.6 Å². The fourth-order valence-corrected chi connectivity index (χ4v) is 2.12. The van der Waals surface area contributed by atoms with Crippen molar-refractivity contribution in [1.29, 1.82) is 5.26 Å². The maximum Gasteiger partial charge on any atom is 0.390 e. The molecule has 0 aliphatic rings. The summed E-state index contributed by atoms with van der Waals surface area (Å²) in [6, 6.07) is 1.96. The normalized spacial score (nSPS) is 11.7. The maximum atomic E-state index is 12.3. The first kappa shape index (κ1) is 17.1. The monoisotopic (exact) mass is 303 g/mol. The number of nitrogens with two attached hydrogens (primary N) is 1. The Kier molecular flexibility index (Phi) is 5.47. The van der Waals surface area contributed by atoms with Crippen molar-refractivity contribution in [2.45, 2.75) is 45.3 Å². The second-order valence-corrected chi connectivity index (χ2v) is 4.90. The molecule has 0 bridgehead atoms. The van der Waals surface area contributed by atoms with Crippen molar-refractivity contribution in [3.8, 4) is 6.07 Å². The fraction of sp³-hybridized carbons (Fsp3) is 0.692. The van der Waals surface area contributed by atoms with E-state index in [0.29, 0.717) is 0 Å². The molecule has 0 saturated carbocycles. The number of halogens is 3. The number of nitrogens with zero attached hydrogens (tertiary/aromatic N) is 4. The Bertz CT molecular complexity index is 511. The van der Waals surface area contributed by atoms with Gasteiger partial charge in [-0.3, -0.25) is 0 Å². The van der Waals surface area contributed by atoms with Crippen molar-refractivity contribution in [3.63, 3.8) is 0 Å². The molecule has 118 valence electrons. The highest BCUT2D eigenvalue weighted by atomic mass is 19.4. The Morgan fingerprint density at radius 1 is 1.38 bits per heavy atom. The molecule has 1 aromatic rings. The summed E-state index contributed by atoms with van der Waals surface area (Å²) >= 11 is 0. The van der Waals surface area contributed by atoms with Gasteiger partial charge >= 0.3 is 6.18 Å². The minimum Gasteiger partial charge on any atom is -0.383 e. The summed E-state index contributed by atoms with van der Waals surface area (Å²) in [5.41, 5.74) is 6.05. The van der Waals surface area contributed by atoms with E-state index in [1.807, 2.05) is 19.9 Å². The van der Waals surface area contributed by atoms with Gasteiger partial charge in [0.05, 0.1) is 12.5 Å². The van der Waals surface area contributed by atoms with Crippen LogP contribution in [0.1, 0.15) is 44.7 Å². The highest BCUT2D eigenvalue weighted by Gasteiger charge is 2.29. The number of nitriles is 1. The Morgan fingerprint density at radius 3 is 2.38 bits per heavy atom. The summed E-state index contributed by atoms with van der Waals surface area (Å²) in [5.74, 6) is 0.409. The lowest BCUT2D eigenvalue weighted by Crippen LogP contribution is -2.25. The van der Waals surface area contributed by atoms with Crippen LogP contribution in [0.3, 0.4) is 0 Å². The van der Waals surface area contributed by atoms with Crippen molar-refractivity contribution in [3.05, 3.63) is 5.56 Å². The Labute approximate surface area is 122 Å². The van der Waals surface area contributed by atoms with E-state index in [1.165, 1.54) is 16.6 Å². The third-order valence-corrected chi connectivity index (χ3v) is 3.42. The Hall–Kier alpha value is -1.91. The summed E-state index contributed by atoms with van der Waals surface area (Å²) < 4.78 is 38.4. The molecule has 5 nitrogen and oxygen atoms in total. The standard InChI is InChI=1S/C13H20F3N5/c1-4-9(5-2)21-11(18)10(8-17)12(19-21)20(3)7-6-13(14,15)16/h9H,4-7,18H2,1-3H3. The van der Waals surface area contributed by atoms with Gasteiger partial charge in [-0.15, -0.1) is 0 Å². The predicted octanol–water partition coefficient (Wildman–Crippen LogP) is 3.09. The van der Waals surface area contributed by atoms with Crippen LogP contribution in [0.2, 0.25) is 0 Å². The molecule has 0 unspecified atom stereocenters. The van der Waals surface area contributed by atoms with Crippen LogP contribution in [0.25, 0.3) is 0 Å². The first-order chi connectivity index (χ1) is 9.75. The number of rotatable bonds is 6. The SMILES string of the molecule is CCC(CC)n1nc(N(C)CCC(F)(F)F)c(C#N)c1N. The molecule has 8 heteroatoms. The van der Waals surface area contributed by atoms with Gasteiger partial charge in [0.2, 0.25) is 0 Å². The van der Waals surface area contributed by atoms with Crippen molar-refractivity contribution in [2.75, 3.05) is 24.2 Å². The molecule has 0 fully saturated rings. The Morgan fingerprint density at radius 2 is 1.95 bits per heavy atom. The number of hydrogen-bond acceptors (Lipinski definition) is 4. The molecular weight excluding hydrogens is 283 g/mol. The van der Waals surface area contributed by atoms with Gasteiger partial charge in [0.25, 0.3) is 0 Å². The molecule has 1 heterocycles.